The maximum atomic E-state index is 5.22. The molecule has 0 amide bonds. The lowest BCUT2D eigenvalue weighted by molar-refractivity contribution is 1.08. The zero-order valence-electron chi connectivity index (χ0n) is 28.5. The Morgan fingerprint density at radius 3 is 1.81 bits per heavy atom. The molecule has 0 aliphatic rings. The van der Waals surface area contributed by atoms with Gasteiger partial charge in [0.1, 0.15) is 0 Å². The third-order valence-electron chi connectivity index (χ3n) is 10.5. The summed E-state index contributed by atoms with van der Waals surface area (Å²) < 4.78 is 2.44. The van der Waals surface area contributed by atoms with Crippen molar-refractivity contribution in [1.82, 2.24) is 15.0 Å². The lowest BCUT2D eigenvalue weighted by Gasteiger charge is -2.15. The smallest absolute Gasteiger partial charge is 0.165 e. The molecular weight excluding hydrogens is 663 g/mol. The predicted octanol–water partition coefficient (Wildman–Crippen LogP) is 13.5. The fourth-order valence-electron chi connectivity index (χ4n) is 8.02. The number of nitrogens with zero attached hydrogens (tertiary/aromatic N) is 3. The first kappa shape index (κ1) is 29.9. The molecule has 0 saturated heterocycles. The Kier molecular flexibility index (Phi) is 6.73. The Hall–Kier alpha value is -6.75. The first-order chi connectivity index (χ1) is 26.3. The van der Waals surface area contributed by atoms with Gasteiger partial charge in [0.15, 0.2) is 17.5 Å². The van der Waals surface area contributed by atoms with Gasteiger partial charge >= 0.3 is 0 Å². The molecule has 0 fully saturated rings. The van der Waals surface area contributed by atoms with Crippen LogP contribution in [-0.4, -0.2) is 15.0 Å². The summed E-state index contributed by atoms with van der Waals surface area (Å²) in [6, 6.07) is 62.8. The minimum atomic E-state index is 0.649. The minimum absolute atomic E-state index is 0.649. The Bertz CT molecular complexity index is 3240. The zero-order chi connectivity index (χ0) is 34.9. The fraction of sp³-hybridized carbons (Fsp3) is 0. The first-order valence-electron chi connectivity index (χ1n) is 17.9. The molecule has 11 rings (SSSR count). The highest BCUT2D eigenvalue weighted by Crippen LogP contribution is 2.42. The van der Waals surface area contributed by atoms with E-state index in [1.54, 1.807) is 11.3 Å². The van der Waals surface area contributed by atoms with Crippen LogP contribution in [0.5, 0.6) is 0 Å². The largest absolute Gasteiger partial charge is 0.208 e. The van der Waals surface area contributed by atoms with Crippen LogP contribution in [-0.2, 0) is 0 Å². The van der Waals surface area contributed by atoms with E-state index in [2.05, 4.69) is 158 Å². The molecule has 0 aliphatic heterocycles. The summed E-state index contributed by atoms with van der Waals surface area (Å²) in [5.74, 6) is 1.98. The van der Waals surface area contributed by atoms with E-state index in [1.807, 2.05) is 18.2 Å². The molecule has 2 heterocycles. The van der Waals surface area contributed by atoms with Crippen molar-refractivity contribution in [2.24, 2.45) is 0 Å². The first-order valence-corrected chi connectivity index (χ1v) is 18.7. The molecule has 0 bridgehead atoms. The standard InChI is InChI=1S/C49H29N3S/c1-2-12-33(13-3-1)47-50-48(52-49(51-47)42-21-10-20-41-39-18-6-7-22-43(39)53-46(41)42)35-16-8-15-34(29-35)37-19-9-14-31-23-24-32-26-27-38-36-17-5-4-11-30(36)25-28-40(38)45(32)44(31)37/h1-29H. The van der Waals surface area contributed by atoms with Gasteiger partial charge in [-0.25, -0.2) is 15.0 Å². The third kappa shape index (κ3) is 4.84. The normalized spacial score (nSPS) is 11.8. The monoisotopic (exact) mass is 691 g/mol. The van der Waals surface area contributed by atoms with Gasteiger partial charge in [-0.1, -0.05) is 158 Å². The number of thiophene rings is 1. The predicted molar refractivity (Wildman–Crippen MR) is 224 cm³/mol. The Morgan fingerprint density at radius 1 is 0.321 bits per heavy atom. The molecule has 3 nitrogen and oxygen atoms in total. The van der Waals surface area contributed by atoms with Crippen molar-refractivity contribution in [3.05, 3.63) is 176 Å². The average molecular weight is 692 g/mol. The van der Waals surface area contributed by atoms with Crippen molar-refractivity contribution in [3.8, 4) is 45.3 Å². The molecule has 2 aromatic heterocycles. The Labute approximate surface area is 309 Å². The van der Waals surface area contributed by atoms with E-state index in [0.29, 0.717) is 17.5 Å². The summed E-state index contributed by atoms with van der Waals surface area (Å²) in [6.45, 7) is 0. The molecular formula is C49H29N3S. The maximum Gasteiger partial charge on any atom is 0.165 e. The van der Waals surface area contributed by atoms with Gasteiger partial charge in [-0.3, -0.25) is 0 Å². The molecule has 0 atom stereocenters. The number of hydrogen-bond acceptors (Lipinski definition) is 4. The molecule has 246 valence electrons. The number of rotatable bonds is 4. The van der Waals surface area contributed by atoms with E-state index in [0.717, 1.165) is 22.3 Å². The van der Waals surface area contributed by atoms with Crippen molar-refractivity contribution >= 4 is 74.6 Å². The Morgan fingerprint density at radius 2 is 0.906 bits per heavy atom. The molecule has 53 heavy (non-hydrogen) atoms. The number of aromatic nitrogens is 3. The van der Waals surface area contributed by atoms with Gasteiger partial charge in [0.05, 0.1) is 0 Å². The molecule has 4 heteroatoms. The number of fused-ring (bicyclic) bond motifs is 10. The van der Waals surface area contributed by atoms with Crippen LogP contribution in [0, 0.1) is 0 Å². The van der Waals surface area contributed by atoms with Crippen LogP contribution < -0.4 is 0 Å². The van der Waals surface area contributed by atoms with Crippen LogP contribution in [0.2, 0.25) is 0 Å². The molecule has 0 N–H and O–H groups in total. The van der Waals surface area contributed by atoms with E-state index in [4.69, 9.17) is 15.0 Å². The van der Waals surface area contributed by atoms with Gasteiger partial charge in [0.25, 0.3) is 0 Å². The molecule has 0 aliphatic carbocycles. The van der Waals surface area contributed by atoms with Crippen molar-refractivity contribution in [2.45, 2.75) is 0 Å². The van der Waals surface area contributed by atoms with E-state index in [1.165, 1.54) is 68.8 Å². The van der Waals surface area contributed by atoms with Gasteiger partial charge in [0, 0.05) is 36.9 Å². The summed E-state index contributed by atoms with van der Waals surface area (Å²) >= 11 is 1.79. The second kappa shape index (κ2) is 11.9. The van der Waals surface area contributed by atoms with Crippen molar-refractivity contribution < 1.29 is 0 Å². The maximum absolute atomic E-state index is 5.22. The highest BCUT2D eigenvalue weighted by atomic mass is 32.1. The SMILES string of the molecule is c1ccc(-c2nc(-c3cccc(-c4cccc5ccc6ccc7c8ccccc8ccc7c6c45)c3)nc(-c3cccc4c3sc3ccccc34)n2)cc1. The van der Waals surface area contributed by atoms with Crippen LogP contribution in [0.3, 0.4) is 0 Å². The second-order valence-corrected chi connectivity index (χ2v) is 14.6. The average Bonchev–Trinajstić information content (AvgIpc) is 3.62. The third-order valence-corrected chi connectivity index (χ3v) is 11.7. The molecule has 0 radical (unpaired) electrons. The lowest BCUT2D eigenvalue weighted by atomic mass is 9.89. The van der Waals surface area contributed by atoms with Gasteiger partial charge in [-0.05, 0) is 72.4 Å². The van der Waals surface area contributed by atoms with Crippen LogP contribution in [0.15, 0.2) is 176 Å². The van der Waals surface area contributed by atoms with E-state index >= 15 is 0 Å². The molecule has 11 aromatic rings. The summed E-state index contributed by atoms with van der Waals surface area (Å²) in [4.78, 5) is 15.5. The van der Waals surface area contributed by atoms with Crippen molar-refractivity contribution in [1.29, 1.82) is 0 Å². The van der Waals surface area contributed by atoms with Crippen molar-refractivity contribution in [3.63, 3.8) is 0 Å². The fourth-order valence-corrected chi connectivity index (χ4v) is 9.23. The number of hydrogen-bond donors (Lipinski definition) is 0. The topological polar surface area (TPSA) is 38.7 Å². The van der Waals surface area contributed by atoms with Gasteiger partial charge < -0.3 is 0 Å². The lowest BCUT2D eigenvalue weighted by Crippen LogP contribution is -2.00. The summed E-state index contributed by atoms with van der Waals surface area (Å²) in [5.41, 5.74) is 5.22. The van der Waals surface area contributed by atoms with Gasteiger partial charge in [-0.15, -0.1) is 11.3 Å². The summed E-state index contributed by atoms with van der Waals surface area (Å²) in [7, 11) is 0. The van der Waals surface area contributed by atoms with E-state index < -0.39 is 0 Å². The summed E-state index contributed by atoms with van der Waals surface area (Å²) in [5, 5.41) is 12.5. The quantitative estimate of drug-likeness (QED) is 0.172. The zero-order valence-corrected chi connectivity index (χ0v) is 29.3. The second-order valence-electron chi connectivity index (χ2n) is 13.5. The summed E-state index contributed by atoms with van der Waals surface area (Å²) in [6.07, 6.45) is 0. The Balaban J connectivity index is 1.13. The molecule has 0 spiro atoms. The molecule has 0 saturated carbocycles. The van der Waals surface area contributed by atoms with E-state index in [9.17, 15) is 0 Å². The van der Waals surface area contributed by atoms with Crippen LogP contribution in [0.4, 0.5) is 0 Å². The highest BCUT2D eigenvalue weighted by molar-refractivity contribution is 7.26. The minimum Gasteiger partial charge on any atom is -0.208 e. The van der Waals surface area contributed by atoms with Crippen LogP contribution in [0.1, 0.15) is 0 Å². The number of benzene rings is 9. The van der Waals surface area contributed by atoms with Gasteiger partial charge in [0.2, 0.25) is 0 Å². The van der Waals surface area contributed by atoms with Crippen LogP contribution in [0.25, 0.3) is 109 Å². The molecule has 0 unspecified atom stereocenters. The van der Waals surface area contributed by atoms with E-state index in [-0.39, 0.29) is 0 Å². The van der Waals surface area contributed by atoms with Crippen molar-refractivity contribution in [2.75, 3.05) is 0 Å². The van der Waals surface area contributed by atoms with Gasteiger partial charge in [-0.2, -0.15) is 0 Å². The molecule has 9 aromatic carbocycles. The highest BCUT2D eigenvalue weighted by Gasteiger charge is 2.18. The van der Waals surface area contributed by atoms with Crippen LogP contribution >= 0.6 is 11.3 Å².